The van der Waals surface area contributed by atoms with Crippen LogP contribution >= 0.6 is 0 Å². The van der Waals surface area contributed by atoms with E-state index in [0.29, 0.717) is 5.92 Å². The second-order valence-corrected chi connectivity index (χ2v) is 4.64. The van der Waals surface area contributed by atoms with Crippen molar-refractivity contribution in [2.24, 2.45) is 0 Å². The number of aryl methyl sites for hydroxylation is 1. The second-order valence-electron chi connectivity index (χ2n) is 4.64. The van der Waals surface area contributed by atoms with E-state index >= 15 is 0 Å². The van der Waals surface area contributed by atoms with Gasteiger partial charge in [-0.2, -0.15) is 4.73 Å². The van der Waals surface area contributed by atoms with Crippen molar-refractivity contribution in [1.29, 1.82) is 0 Å². The molecule has 0 amide bonds. The molecular formula is C14H21NO. The van der Waals surface area contributed by atoms with Crippen LogP contribution in [0.15, 0.2) is 30.4 Å². The van der Waals surface area contributed by atoms with Gasteiger partial charge in [-0.05, 0) is 32.3 Å². The number of allylic oxidation sites excluding steroid dienone is 1. The smallest absolute Gasteiger partial charge is 0.195 e. The molecule has 0 bridgehead atoms. The SMILES string of the molecule is C=C(C)CCCC(C)c1cccc(C)[n+]1[O-]. The van der Waals surface area contributed by atoms with Crippen molar-refractivity contribution in [1.82, 2.24) is 0 Å². The highest BCUT2D eigenvalue weighted by molar-refractivity contribution is 5.07. The van der Waals surface area contributed by atoms with E-state index in [9.17, 15) is 5.21 Å². The van der Waals surface area contributed by atoms with Crippen LogP contribution in [0.3, 0.4) is 0 Å². The van der Waals surface area contributed by atoms with E-state index in [1.54, 1.807) is 0 Å². The molecule has 88 valence electrons. The molecule has 0 aliphatic heterocycles. The fraction of sp³-hybridized carbons (Fsp3) is 0.500. The van der Waals surface area contributed by atoms with Gasteiger partial charge in [0, 0.05) is 25.0 Å². The largest absolute Gasteiger partial charge is 0.618 e. The predicted octanol–water partition coefficient (Wildman–Crippen LogP) is 3.48. The average molecular weight is 219 g/mol. The topological polar surface area (TPSA) is 26.9 Å². The summed E-state index contributed by atoms with van der Waals surface area (Å²) in [5, 5.41) is 11.8. The van der Waals surface area contributed by atoms with Gasteiger partial charge in [-0.25, -0.2) is 0 Å². The summed E-state index contributed by atoms with van der Waals surface area (Å²) in [6.45, 7) is 9.89. The molecule has 0 aliphatic carbocycles. The molecule has 1 heterocycles. The fourth-order valence-corrected chi connectivity index (χ4v) is 1.85. The van der Waals surface area contributed by atoms with Crippen LogP contribution in [-0.4, -0.2) is 0 Å². The zero-order valence-electron chi connectivity index (χ0n) is 10.5. The minimum atomic E-state index is 0.316. The third-order valence-electron chi connectivity index (χ3n) is 2.90. The van der Waals surface area contributed by atoms with Crippen molar-refractivity contribution in [3.05, 3.63) is 46.9 Å². The first-order valence-corrected chi connectivity index (χ1v) is 5.86. The first kappa shape index (κ1) is 12.8. The summed E-state index contributed by atoms with van der Waals surface area (Å²) in [4.78, 5) is 0. The molecule has 1 unspecified atom stereocenters. The lowest BCUT2D eigenvalue weighted by Crippen LogP contribution is -2.36. The highest BCUT2D eigenvalue weighted by Gasteiger charge is 2.15. The van der Waals surface area contributed by atoms with Crippen LogP contribution in [0.2, 0.25) is 0 Å². The van der Waals surface area contributed by atoms with E-state index in [4.69, 9.17) is 0 Å². The summed E-state index contributed by atoms with van der Waals surface area (Å²) in [6, 6.07) is 5.72. The first-order valence-electron chi connectivity index (χ1n) is 5.86. The Morgan fingerprint density at radius 2 is 2.19 bits per heavy atom. The molecule has 0 aliphatic rings. The van der Waals surface area contributed by atoms with Gasteiger partial charge >= 0.3 is 0 Å². The minimum absolute atomic E-state index is 0.316. The van der Waals surface area contributed by atoms with Crippen LogP contribution < -0.4 is 4.73 Å². The molecule has 16 heavy (non-hydrogen) atoms. The second kappa shape index (κ2) is 5.69. The molecule has 2 nitrogen and oxygen atoms in total. The molecule has 0 aromatic carbocycles. The number of hydrogen-bond donors (Lipinski definition) is 0. The van der Waals surface area contributed by atoms with E-state index in [-0.39, 0.29) is 0 Å². The Labute approximate surface area is 98.2 Å². The monoisotopic (exact) mass is 219 g/mol. The van der Waals surface area contributed by atoms with Crippen LogP contribution in [0.4, 0.5) is 0 Å². The molecule has 1 rings (SSSR count). The van der Waals surface area contributed by atoms with Crippen molar-refractivity contribution < 1.29 is 4.73 Å². The number of pyridine rings is 1. The summed E-state index contributed by atoms with van der Waals surface area (Å²) in [6.07, 6.45) is 3.19. The number of rotatable bonds is 5. The molecule has 1 aromatic heterocycles. The maximum atomic E-state index is 11.8. The van der Waals surface area contributed by atoms with Crippen LogP contribution in [0.1, 0.15) is 50.4 Å². The van der Waals surface area contributed by atoms with Gasteiger partial charge in [-0.3, -0.25) is 0 Å². The maximum absolute atomic E-state index is 11.8. The normalized spacial score (nSPS) is 12.4. The molecule has 0 saturated heterocycles. The van der Waals surface area contributed by atoms with E-state index in [2.05, 4.69) is 13.5 Å². The van der Waals surface area contributed by atoms with E-state index in [1.807, 2.05) is 32.0 Å². The third kappa shape index (κ3) is 3.37. The summed E-state index contributed by atoms with van der Waals surface area (Å²) in [5.41, 5.74) is 2.86. The summed E-state index contributed by atoms with van der Waals surface area (Å²) in [5.74, 6) is 0.316. The first-order chi connectivity index (χ1) is 7.52. The van der Waals surface area contributed by atoms with Gasteiger partial charge in [0.15, 0.2) is 11.4 Å². The molecule has 0 spiro atoms. The lowest BCUT2D eigenvalue weighted by Gasteiger charge is -2.13. The molecule has 0 fully saturated rings. The lowest BCUT2D eigenvalue weighted by molar-refractivity contribution is -0.622. The van der Waals surface area contributed by atoms with Crippen molar-refractivity contribution >= 4 is 0 Å². The van der Waals surface area contributed by atoms with Crippen LogP contribution in [-0.2, 0) is 0 Å². The molecule has 0 radical (unpaired) electrons. The highest BCUT2D eigenvalue weighted by atomic mass is 16.5. The summed E-state index contributed by atoms with van der Waals surface area (Å²) in [7, 11) is 0. The van der Waals surface area contributed by atoms with E-state index in [0.717, 1.165) is 35.4 Å². The third-order valence-corrected chi connectivity index (χ3v) is 2.90. The zero-order valence-corrected chi connectivity index (χ0v) is 10.5. The van der Waals surface area contributed by atoms with Gasteiger partial charge in [0.25, 0.3) is 0 Å². The van der Waals surface area contributed by atoms with Crippen molar-refractivity contribution in [2.75, 3.05) is 0 Å². The van der Waals surface area contributed by atoms with Gasteiger partial charge < -0.3 is 5.21 Å². The highest BCUT2D eigenvalue weighted by Crippen LogP contribution is 2.19. The van der Waals surface area contributed by atoms with Gasteiger partial charge in [0.05, 0.1) is 0 Å². The molecule has 0 saturated carbocycles. The maximum Gasteiger partial charge on any atom is 0.195 e. The molecule has 1 atom stereocenters. The molecule has 0 N–H and O–H groups in total. The Bertz CT molecular complexity index is 371. The average Bonchev–Trinajstić information content (AvgIpc) is 2.21. The zero-order chi connectivity index (χ0) is 12.1. The quantitative estimate of drug-likeness (QED) is 0.423. The Morgan fingerprint density at radius 3 is 2.81 bits per heavy atom. The number of hydrogen-bond acceptors (Lipinski definition) is 1. The predicted molar refractivity (Wildman–Crippen MR) is 67.2 cm³/mol. The number of aromatic nitrogens is 1. The molecule has 2 heteroatoms. The van der Waals surface area contributed by atoms with Gasteiger partial charge in [-0.1, -0.05) is 12.5 Å². The minimum Gasteiger partial charge on any atom is -0.618 e. The fourth-order valence-electron chi connectivity index (χ4n) is 1.85. The van der Waals surface area contributed by atoms with Crippen LogP contribution in [0, 0.1) is 12.1 Å². The van der Waals surface area contributed by atoms with Crippen molar-refractivity contribution in [3.63, 3.8) is 0 Å². The van der Waals surface area contributed by atoms with Gasteiger partial charge in [0.1, 0.15) is 0 Å². The lowest BCUT2D eigenvalue weighted by atomic mass is 9.98. The Hall–Kier alpha value is -1.31. The molecule has 1 aromatic rings. The van der Waals surface area contributed by atoms with Crippen LogP contribution in [0.5, 0.6) is 0 Å². The van der Waals surface area contributed by atoms with E-state index in [1.165, 1.54) is 5.57 Å². The Morgan fingerprint density at radius 1 is 1.50 bits per heavy atom. The van der Waals surface area contributed by atoms with Gasteiger partial charge in [0.2, 0.25) is 0 Å². The standard InChI is InChI=1S/C14H21NO/c1-11(2)7-5-8-12(3)14-10-6-9-13(4)15(14)16/h6,9-10,12H,1,5,7-8H2,2-4H3. The Balaban J connectivity index is 2.62. The summed E-state index contributed by atoms with van der Waals surface area (Å²) >= 11 is 0. The van der Waals surface area contributed by atoms with Crippen LogP contribution in [0.25, 0.3) is 0 Å². The van der Waals surface area contributed by atoms with Crippen molar-refractivity contribution in [3.8, 4) is 0 Å². The summed E-state index contributed by atoms with van der Waals surface area (Å²) < 4.78 is 1.05. The Kier molecular flexibility index (Phi) is 4.53. The van der Waals surface area contributed by atoms with E-state index < -0.39 is 0 Å². The number of nitrogens with zero attached hydrogens (tertiary/aromatic N) is 1. The van der Waals surface area contributed by atoms with Crippen molar-refractivity contribution in [2.45, 2.75) is 46.0 Å². The molecular weight excluding hydrogens is 198 g/mol. The van der Waals surface area contributed by atoms with Gasteiger partial charge in [-0.15, -0.1) is 6.58 Å².